The minimum absolute atomic E-state index is 0.249. The van der Waals surface area contributed by atoms with Gasteiger partial charge in [0, 0.05) is 9.75 Å². The van der Waals surface area contributed by atoms with Crippen LogP contribution in [0.4, 0.5) is 0 Å². The Hall–Kier alpha value is 0.130. The number of hydrogen-bond acceptors (Lipinski definition) is 3. The summed E-state index contributed by atoms with van der Waals surface area (Å²) >= 11 is 13.1. The van der Waals surface area contributed by atoms with E-state index in [4.69, 9.17) is 11.6 Å². The lowest BCUT2D eigenvalue weighted by atomic mass is 10.1. The van der Waals surface area contributed by atoms with Gasteiger partial charge >= 0.3 is 0 Å². The molecule has 0 aliphatic rings. The van der Waals surface area contributed by atoms with Crippen molar-refractivity contribution >= 4 is 50.2 Å². The molecule has 0 aliphatic carbocycles. The maximum atomic E-state index is 6.10. The summed E-state index contributed by atoms with van der Waals surface area (Å²) in [6.45, 7) is 2.19. The van der Waals surface area contributed by atoms with Gasteiger partial charge in [0.15, 0.2) is 0 Å². The Balaban J connectivity index is 2.40. The fraction of sp³-hybridized carbons (Fsp3) is 0.333. The monoisotopic (exact) mass is 349 g/mol. The van der Waals surface area contributed by atoms with E-state index >= 15 is 0 Å². The van der Waals surface area contributed by atoms with Crippen molar-refractivity contribution in [2.24, 2.45) is 0 Å². The third-order valence-corrected chi connectivity index (χ3v) is 6.22. The van der Waals surface area contributed by atoms with E-state index in [1.54, 1.807) is 22.7 Å². The molecule has 0 amide bonds. The van der Waals surface area contributed by atoms with Crippen molar-refractivity contribution in [1.82, 2.24) is 5.32 Å². The molecular formula is C12H13BrClNS2. The topological polar surface area (TPSA) is 12.0 Å². The van der Waals surface area contributed by atoms with Crippen molar-refractivity contribution < 1.29 is 0 Å². The van der Waals surface area contributed by atoms with Crippen LogP contribution in [0.3, 0.4) is 0 Å². The normalized spacial score (nSPS) is 12.9. The number of nitrogens with one attached hydrogen (secondary N) is 1. The zero-order chi connectivity index (χ0) is 12.4. The maximum Gasteiger partial charge on any atom is 0.0888 e. The molecule has 92 valence electrons. The van der Waals surface area contributed by atoms with Gasteiger partial charge in [-0.3, -0.25) is 0 Å². The van der Waals surface area contributed by atoms with Crippen molar-refractivity contribution in [3.05, 3.63) is 41.6 Å². The maximum absolute atomic E-state index is 6.10. The van der Waals surface area contributed by atoms with Crippen LogP contribution in [0.2, 0.25) is 5.02 Å². The van der Waals surface area contributed by atoms with Gasteiger partial charge in [0.25, 0.3) is 0 Å². The quantitative estimate of drug-likeness (QED) is 0.809. The van der Waals surface area contributed by atoms with Gasteiger partial charge < -0.3 is 5.32 Å². The van der Waals surface area contributed by atoms with E-state index in [-0.39, 0.29) is 6.04 Å². The lowest BCUT2D eigenvalue weighted by Crippen LogP contribution is -2.16. The minimum atomic E-state index is 0.249. The van der Waals surface area contributed by atoms with Crippen LogP contribution in [0.15, 0.2) is 21.3 Å². The van der Waals surface area contributed by atoms with Crippen LogP contribution in [-0.2, 0) is 6.42 Å². The number of aryl methyl sites for hydroxylation is 1. The molecule has 0 fully saturated rings. The predicted octanol–water partition coefficient (Wildman–Crippen LogP) is 5.10. The highest BCUT2D eigenvalue weighted by Gasteiger charge is 2.19. The molecule has 0 bridgehead atoms. The average Bonchev–Trinajstić information content (AvgIpc) is 2.89. The van der Waals surface area contributed by atoms with Gasteiger partial charge in [-0.2, -0.15) is 0 Å². The first-order chi connectivity index (χ1) is 8.17. The first-order valence-electron chi connectivity index (χ1n) is 5.35. The molecule has 2 aromatic rings. The van der Waals surface area contributed by atoms with Crippen LogP contribution in [0.5, 0.6) is 0 Å². The Morgan fingerprint density at radius 3 is 2.82 bits per heavy atom. The molecule has 5 heteroatoms. The van der Waals surface area contributed by atoms with Crippen LogP contribution < -0.4 is 5.32 Å². The Kier molecular flexibility index (Phi) is 4.66. The smallest absolute Gasteiger partial charge is 0.0888 e. The van der Waals surface area contributed by atoms with Crippen LogP contribution in [0.1, 0.15) is 28.3 Å². The molecule has 1 unspecified atom stereocenters. The van der Waals surface area contributed by atoms with Gasteiger partial charge in [0.1, 0.15) is 0 Å². The standard InChI is InChI=1S/C12H13BrClNS2/c1-3-7-4-5-16-11(7)10(15-2)9-6-8(14)12(13)17-9/h4-6,10,15H,3H2,1-2H3. The highest BCUT2D eigenvalue weighted by molar-refractivity contribution is 9.11. The minimum Gasteiger partial charge on any atom is -0.308 e. The second-order valence-electron chi connectivity index (χ2n) is 3.66. The van der Waals surface area contributed by atoms with Crippen molar-refractivity contribution in [2.75, 3.05) is 7.05 Å². The van der Waals surface area contributed by atoms with E-state index in [0.29, 0.717) is 0 Å². The van der Waals surface area contributed by atoms with Crippen molar-refractivity contribution in [1.29, 1.82) is 0 Å². The molecule has 1 atom stereocenters. The van der Waals surface area contributed by atoms with E-state index in [0.717, 1.165) is 15.2 Å². The van der Waals surface area contributed by atoms with Gasteiger partial charge in [0.2, 0.25) is 0 Å². The van der Waals surface area contributed by atoms with E-state index in [9.17, 15) is 0 Å². The predicted molar refractivity (Wildman–Crippen MR) is 81.6 cm³/mol. The first-order valence-corrected chi connectivity index (χ1v) is 8.22. The molecule has 0 spiro atoms. The Morgan fingerprint density at radius 2 is 2.29 bits per heavy atom. The summed E-state index contributed by atoms with van der Waals surface area (Å²) < 4.78 is 1.00. The molecular weight excluding hydrogens is 338 g/mol. The van der Waals surface area contributed by atoms with Crippen molar-refractivity contribution in [2.45, 2.75) is 19.4 Å². The zero-order valence-corrected chi connectivity index (χ0v) is 13.6. The molecule has 0 saturated carbocycles. The highest BCUT2D eigenvalue weighted by Crippen LogP contribution is 2.39. The number of hydrogen-bond donors (Lipinski definition) is 1. The van der Waals surface area contributed by atoms with E-state index in [2.05, 4.69) is 39.6 Å². The molecule has 2 aromatic heterocycles. The van der Waals surface area contributed by atoms with E-state index < -0.39 is 0 Å². The highest BCUT2D eigenvalue weighted by atomic mass is 79.9. The number of thiophene rings is 2. The van der Waals surface area contributed by atoms with Crippen LogP contribution >= 0.6 is 50.2 Å². The van der Waals surface area contributed by atoms with E-state index in [1.165, 1.54) is 15.3 Å². The third kappa shape index (κ3) is 2.76. The summed E-state index contributed by atoms with van der Waals surface area (Å²) in [5.41, 5.74) is 1.41. The number of halogens is 2. The fourth-order valence-corrected chi connectivity index (χ4v) is 4.87. The Bertz CT molecular complexity index is 487. The SMILES string of the molecule is CCc1ccsc1C(NC)c1cc(Cl)c(Br)s1. The first kappa shape index (κ1) is 13.6. The third-order valence-electron chi connectivity index (χ3n) is 2.66. The molecule has 2 rings (SSSR count). The van der Waals surface area contributed by atoms with Gasteiger partial charge in [-0.1, -0.05) is 18.5 Å². The summed E-state index contributed by atoms with van der Waals surface area (Å²) in [5, 5.41) is 6.32. The molecule has 0 aromatic carbocycles. The summed E-state index contributed by atoms with van der Waals surface area (Å²) in [7, 11) is 1.99. The molecule has 2 heterocycles. The Labute approximate surface area is 123 Å². The molecule has 1 N–H and O–H groups in total. The lowest BCUT2D eigenvalue weighted by Gasteiger charge is -2.14. The summed E-state index contributed by atoms with van der Waals surface area (Å²) in [6.07, 6.45) is 1.07. The van der Waals surface area contributed by atoms with E-state index in [1.807, 2.05) is 13.1 Å². The molecule has 1 nitrogen and oxygen atoms in total. The van der Waals surface area contributed by atoms with Crippen LogP contribution in [-0.4, -0.2) is 7.05 Å². The summed E-state index contributed by atoms with van der Waals surface area (Å²) in [5.74, 6) is 0. The molecule has 0 radical (unpaired) electrons. The van der Waals surface area contributed by atoms with Crippen molar-refractivity contribution in [3.8, 4) is 0 Å². The fourth-order valence-electron chi connectivity index (χ4n) is 1.80. The van der Waals surface area contributed by atoms with Gasteiger partial charge in [-0.15, -0.1) is 22.7 Å². The molecule has 17 heavy (non-hydrogen) atoms. The van der Waals surface area contributed by atoms with Gasteiger partial charge in [-0.25, -0.2) is 0 Å². The number of rotatable bonds is 4. The summed E-state index contributed by atoms with van der Waals surface area (Å²) in [6, 6.07) is 4.49. The van der Waals surface area contributed by atoms with Crippen LogP contribution in [0.25, 0.3) is 0 Å². The van der Waals surface area contributed by atoms with Gasteiger partial charge in [0.05, 0.1) is 14.9 Å². The van der Waals surface area contributed by atoms with Gasteiger partial charge in [-0.05, 0) is 52.5 Å². The second-order valence-corrected chi connectivity index (χ2v) is 7.41. The molecule has 0 aliphatic heterocycles. The zero-order valence-electron chi connectivity index (χ0n) is 9.59. The Morgan fingerprint density at radius 1 is 1.53 bits per heavy atom. The summed E-state index contributed by atoms with van der Waals surface area (Å²) in [4.78, 5) is 2.64. The van der Waals surface area contributed by atoms with Crippen molar-refractivity contribution in [3.63, 3.8) is 0 Å². The lowest BCUT2D eigenvalue weighted by molar-refractivity contribution is 0.709. The molecule has 0 saturated heterocycles. The van der Waals surface area contributed by atoms with Crippen LogP contribution in [0, 0.1) is 0 Å². The second kappa shape index (κ2) is 5.85. The largest absolute Gasteiger partial charge is 0.308 e. The average molecular weight is 351 g/mol.